The maximum atomic E-state index is 12.3. The second-order valence-electron chi connectivity index (χ2n) is 4.84. The highest BCUT2D eigenvalue weighted by molar-refractivity contribution is 5.42. The van der Waals surface area contributed by atoms with Gasteiger partial charge in [0, 0.05) is 5.69 Å². The zero-order valence-corrected chi connectivity index (χ0v) is 12.0. The molecule has 110 valence electrons. The summed E-state index contributed by atoms with van der Waals surface area (Å²) in [6.07, 6.45) is 1.51. The Morgan fingerprint density at radius 3 is 2.91 bits per heavy atom. The van der Waals surface area contributed by atoms with Crippen LogP contribution in [0.25, 0.3) is 11.7 Å². The predicted molar refractivity (Wildman–Crippen MR) is 76.0 cm³/mol. The van der Waals surface area contributed by atoms with Crippen molar-refractivity contribution in [1.29, 1.82) is 5.26 Å². The van der Waals surface area contributed by atoms with Gasteiger partial charge < -0.3 is 13.5 Å². The van der Waals surface area contributed by atoms with Crippen LogP contribution in [0.3, 0.4) is 0 Å². The molecule has 0 atom stereocenters. The lowest BCUT2D eigenvalue weighted by molar-refractivity contribution is 0.407. The monoisotopic (exact) mass is 296 g/mol. The first kappa shape index (κ1) is 13.8. The summed E-state index contributed by atoms with van der Waals surface area (Å²) < 4.78 is 11.7. The number of nitriles is 1. The van der Waals surface area contributed by atoms with Crippen LogP contribution in [0.5, 0.6) is 0 Å². The molecule has 0 aromatic carbocycles. The maximum Gasteiger partial charge on any atom is 0.293 e. The van der Waals surface area contributed by atoms with E-state index in [9.17, 15) is 4.79 Å². The van der Waals surface area contributed by atoms with Crippen molar-refractivity contribution in [2.75, 3.05) is 0 Å². The minimum Gasteiger partial charge on any atom is -0.459 e. The minimum atomic E-state index is -0.357. The van der Waals surface area contributed by atoms with Crippen LogP contribution in [0.15, 0.2) is 38.2 Å². The molecule has 3 heterocycles. The fraction of sp³-hybridized carbons (Fsp3) is 0.200. The van der Waals surface area contributed by atoms with E-state index in [2.05, 4.69) is 10.1 Å². The highest BCUT2D eigenvalue weighted by Crippen LogP contribution is 2.17. The largest absolute Gasteiger partial charge is 0.459 e. The van der Waals surface area contributed by atoms with Crippen LogP contribution in [-0.2, 0) is 6.54 Å². The van der Waals surface area contributed by atoms with E-state index in [1.54, 1.807) is 32.0 Å². The molecule has 0 unspecified atom stereocenters. The van der Waals surface area contributed by atoms with Crippen LogP contribution in [0.1, 0.15) is 22.6 Å². The molecule has 0 aliphatic rings. The zero-order valence-electron chi connectivity index (χ0n) is 12.0. The SMILES string of the molecule is Cc1cc(C)n(Cc2noc(-c3ccco3)n2)c(=O)c1C#N. The van der Waals surface area contributed by atoms with Crippen molar-refractivity contribution in [3.63, 3.8) is 0 Å². The van der Waals surface area contributed by atoms with E-state index in [1.807, 2.05) is 6.07 Å². The van der Waals surface area contributed by atoms with Crippen molar-refractivity contribution in [2.24, 2.45) is 0 Å². The Balaban J connectivity index is 1.98. The summed E-state index contributed by atoms with van der Waals surface area (Å²) in [4.78, 5) is 16.5. The standard InChI is InChI=1S/C15H12N4O3/c1-9-6-10(2)19(15(20)11(9)7-16)8-13-17-14(22-18-13)12-4-3-5-21-12/h3-6H,8H2,1-2H3. The van der Waals surface area contributed by atoms with Crippen LogP contribution < -0.4 is 5.56 Å². The molecule has 3 aromatic rings. The molecular weight excluding hydrogens is 284 g/mol. The molecule has 22 heavy (non-hydrogen) atoms. The molecule has 0 saturated heterocycles. The van der Waals surface area contributed by atoms with Gasteiger partial charge in [0.25, 0.3) is 11.4 Å². The van der Waals surface area contributed by atoms with E-state index in [0.29, 0.717) is 17.1 Å². The third-order valence-corrected chi connectivity index (χ3v) is 3.32. The van der Waals surface area contributed by atoms with Crippen LogP contribution in [0, 0.1) is 25.2 Å². The van der Waals surface area contributed by atoms with Gasteiger partial charge in [-0.1, -0.05) is 5.16 Å². The van der Waals surface area contributed by atoms with E-state index >= 15 is 0 Å². The normalized spacial score (nSPS) is 10.6. The number of pyridine rings is 1. The lowest BCUT2D eigenvalue weighted by atomic mass is 10.1. The van der Waals surface area contributed by atoms with Gasteiger partial charge in [0.2, 0.25) is 0 Å². The van der Waals surface area contributed by atoms with Crippen LogP contribution in [0.4, 0.5) is 0 Å². The smallest absolute Gasteiger partial charge is 0.293 e. The number of rotatable bonds is 3. The summed E-state index contributed by atoms with van der Waals surface area (Å²) in [6.45, 7) is 3.66. The molecule has 7 nitrogen and oxygen atoms in total. The average Bonchev–Trinajstić information content (AvgIpc) is 3.14. The topological polar surface area (TPSA) is 97.8 Å². The predicted octanol–water partition coefficient (Wildman–Crippen LogP) is 2.03. The molecule has 0 fully saturated rings. The number of nitrogens with zero attached hydrogens (tertiary/aromatic N) is 4. The summed E-state index contributed by atoms with van der Waals surface area (Å²) in [5.41, 5.74) is 1.15. The number of aryl methyl sites for hydroxylation is 2. The molecule has 0 bridgehead atoms. The van der Waals surface area contributed by atoms with Gasteiger partial charge in [-0.25, -0.2) is 0 Å². The van der Waals surface area contributed by atoms with Crippen molar-refractivity contribution in [2.45, 2.75) is 20.4 Å². The number of hydrogen-bond donors (Lipinski definition) is 0. The van der Waals surface area contributed by atoms with Crippen molar-refractivity contribution in [1.82, 2.24) is 14.7 Å². The average molecular weight is 296 g/mol. The van der Waals surface area contributed by atoms with Crippen molar-refractivity contribution < 1.29 is 8.94 Å². The first-order valence-corrected chi connectivity index (χ1v) is 6.57. The molecule has 0 aliphatic carbocycles. The number of furan rings is 1. The van der Waals surface area contributed by atoms with E-state index in [-0.39, 0.29) is 23.6 Å². The quantitative estimate of drug-likeness (QED) is 0.733. The van der Waals surface area contributed by atoms with Gasteiger partial charge in [-0.15, -0.1) is 0 Å². The Morgan fingerprint density at radius 2 is 2.23 bits per heavy atom. The van der Waals surface area contributed by atoms with E-state index in [1.165, 1.54) is 10.8 Å². The molecule has 0 saturated carbocycles. The molecule has 0 amide bonds. The fourth-order valence-corrected chi connectivity index (χ4v) is 2.22. The maximum absolute atomic E-state index is 12.3. The van der Waals surface area contributed by atoms with Gasteiger partial charge in [0.1, 0.15) is 11.6 Å². The Hall–Kier alpha value is -3.14. The summed E-state index contributed by atoms with van der Waals surface area (Å²) in [5, 5.41) is 12.9. The molecule has 0 aliphatic heterocycles. The third kappa shape index (κ3) is 2.31. The summed E-state index contributed by atoms with van der Waals surface area (Å²) in [6, 6.07) is 7.14. The summed E-state index contributed by atoms with van der Waals surface area (Å²) in [7, 11) is 0. The van der Waals surface area contributed by atoms with Crippen LogP contribution in [-0.4, -0.2) is 14.7 Å². The van der Waals surface area contributed by atoms with E-state index in [4.69, 9.17) is 14.2 Å². The van der Waals surface area contributed by atoms with Gasteiger partial charge in [-0.3, -0.25) is 4.79 Å². The van der Waals surface area contributed by atoms with Crippen LogP contribution in [0.2, 0.25) is 0 Å². The van der Waals surface area contributed by atoms with Crippen molar-refractivity contribution >= 4 is 0 Å². The van der Waals surface area contributed by atoms with Crippen molar-refractivity contribution in [3.05, 3.63) is 57.5 Å². The van der Waals surface area contributed by atoms with Gasteiger partial charge in [-0.2, -0.15) is 10.2 Å². The zero-order chi connectivity index (χ0) is 15.7. The first-order chi connectivity index (χ1) is 10.6. The number of hydrogen-bond acceptors (Lipinski definition) is 6. The van der Waals surface area contributed by atoms with Gasteiger partial charge in [0.05, 0.1) is 12.8 Å². The fourth-order valence-electron chi connectivity index (χ4n) is 2.22. The Labute approximate surface area is 125 Å². The minimum absolute atomic E-state index is 0.125. The molecular formula is C15H12N4O3. The Kier molecular flexibility index (Phi) is 3.35. The summed E-state index contributed by atoms with van der Waals surface area (Å²) in [5.74, 6) is 1.05. The van der Waals surface area contributed by atoms with Gasteiger partial charge >= 0.3 is 0 Å². The molecule has 7 heteroatoms. The Morgan fingerprint density at radius 1 is 1.41 bits per heavy atom. The van der Waals surface area contributed by atoms with Gasteiger partial charge in [0.15, 0.2) is 11.6 Å². The molecule has 0 N–H and O–H groups in total. The third-order valence-electron chi connectivity index (χ3n) is 3.32. The molecule has 3 rings (SSSR count). The second-order valence-corrected chi connectivity index (χ2v) is 4.84. The van der Waals surface area contributed by atoms with Crippen LogP contribution >= 0.6 is 0 Å². The van der Waals surface area contributed by atoms with Gasteiger partial charge in [-0.05, 0) is 37.6 Å². The van der Waals surface area contributed by atoms with Crippen molar-refractivity contribution in [3.8, 4) is 17.7 Å². The lowest BCUT2D eigenvalue weighted by Crippen LogP contribution is -2.26. The van der Waals surface area contributed by atoms with E-state index < -0.39 is 0 Å². The Bertz CT molecular complexity index is 913. The summed E-state index contributed by atoms with van der Waals surface area (Å²) >= 11 is 0. The second kappa shape index (κ2) is 5.33. The highest BCUT2D eigenvalue weighted by Gasteiger charge is 2.15. The molecule has 3 aromatic heterocycles. The molecule has 0 radical (unpaired) electrons. The number of aromatic nitrogens is 3. The highest BCUT2D eigenvalue weighted by atomic mass is 16.5. The lowest BCUT2D eigenvalue weighted by Gasteiger charge is -2.09. The molecule has 0 spiro atoms. The van der Waals surface area contributed by atoms with E-state index in [0.717, 1.165) is 5.69 Å². The first-order valence-electron chi connectivity index (χ1n) is 6.57.